The fourth-order valence-electron chi connectivity index (χ4n) is 3.87. The van der Waals surface area contributed by atoms with E-state index >= 15 is 0 Å². The molecule has 1 saturated heterocycles. The molecule has 2 atom stereocenters. The summed E-state index contributed by atoms with van der Waals surface area (Å²) in [6.45, 7) is 3.57. The van der Waals surface area contributed by atoms with E-state index in [-0.39, 0.29) is 18.9 Å². The van der Waals surface area contributed by atoms with Crippen LogP contribution in [0.25, 0.3) is 11.2 Å². The van der Waals surface area contributed by atoms with Crippen molar-refractivity contribution in [3.63, 3.8) is 0 Å². The number of carbonyl (C=O) groups excluding carboxylic acids is 2. The standard InChI is InChI=1S/C22H23BrN6O7S/c1-22(2)35-16-12(8-33-21(31)25-7-14(30)32-3)34-20(17(16)36-22)29-10-28-15-18(26-9-27-19(15)29)24-6-11-4-5-13(23)37-11/h4-5,9-10,17,20H,6-8H2,1-3H3,(H,25,31)(H,24,26,27)/t17?,20-/m1/s1. The van der Waals surface area contributed by atoms with Crippen LogP contribution in [0.2, 0.25) is 0 Å². The van der Waals surface area contributed by atoms with Gasteiger partial charge >= 0.3 is 12.1 Å². The van der Waals surface area contributed by atoms with Crippen molar-refractivity contribution in [2.45, 2.75) is 38.5 Å². The molecule has 3 aromatic rings. The molecule has 0 spiro atoms. The van der Waals surface area contributed by atoms with Gasteiger partial charge in [0.1, 0.15) is 19.2 Å². The maximum Gasteiger partial charge on any atom is 0.408 e. The van der Waals surface area contributed by atoms with Gasteiger partial charge in [-0.15, -0.1) is 11.3 Å². The highest BCUT2D eigenvalue weighted by molar-refractivity contribution is 9.11. The van der Waals surface area contributed by atoms with Gasteiger partial charge in [-0.3, -0.25) is 9.36 Å². The number of methoxy groups -OCH3 is 1. The number of imidazole rings is 1. The molecule has 5 heterocycles. The third-order valence-corrected chi connectivity index (χ3v) is 7.08. The minimum Gasteiger partial charge on any atom is -0.468 e. The van der Waals surface area contributed by atoms with Crippen LogP contribution in [0.15, 0.2) is 40.1 Å². The quantitative estimate of drug-likeness (QED) is 0.370. The maximum atomic E-state index is 12.0. The smallest absolute Gasteiger partial charge is 0.408 e. The van der Waals surface area contributed by atoms with Crippen LogP contribution in [0.5, 0.6) is 0 Å². The number of rotatable bonds is 8. The lowest BCUT2D eigenvalue weighted by atomic mass is 10.2. The molecule has 13 nitrogen and oxygen atoms in total. The number of thiophene rings is 1. The molecule has 3 aromatic heterocycles. The second-order valence-electron chi connectivity index (χ2n) is 8.45. The van der Waals surface area contributed by atoms with Gasteiger partial charge < -0.3 is 34.3 Å². The summed E-state index contributed by atoms with van der Waals surface area (Å²) in [6, 6.07) is 4.01. The molecule has 2 N–H and O–H groups in total. The third kappa shape index (κ3) is 5.33. The zero-order chi connectivity index (χ0) is 26.2. The number of amides is 1. The summed E-state index contributed by atoms with van der Waals surface area (Å²) >= 11 is 5.10. The van der Waals surface area contributed by atoms with Gasteiger partial charge in [-0.05, 0) is 28.1 Å². The zero-order valence-electron chi connectivity index (χ0n) is 20.0. The van der Waals surface area contributed by atoms with Crippen LogP contribution < -0.4 is 10.6 Å². The number of fused-ring (bicyclic) bond motifs is 2. The molecule has 196 valence electrons. The Bertz CT molecular complexity index is 1370. The number of nitrogens with zero attached hydrogens (tertiary/aromatic N) is 4. The zero-order valence-corrected chi connectivity index (χ0v) is 22.4. The molecular weight excluding hydrogens is 572 g/mol. The summed E-state index contributed by atoms with van der Waals surface area (Å²) < 4.78 is 30.6. The molecule has 0 radical (unpaired) electrons. The van der Waals surface area contributed by atoms with Crippen molar-refractivity contribution in [1.29, 1.82) is 0 Å². The number of esters is 1. The van der Waals surface area contributed by atoms with Crippen molar-refractivity contribution in [3.05, 3.63) is 45.0 Å². The highest BCUT2D eigenvalue weighted by atomic mass is 79.9. The van der Waals surface area contributed by atoms with E-state index < -0.39 is 30.2 Å². The predicted octanol–water partition coefficient (Wildman–Crippen LogP) is 3.05. The van der Waals surface area contributed by atoms with Gasteiger partial charge in [-0.25, -0.2) is 19.7 Å². The number of ether oxygens (including phenoxy) is 5. The predicted molar refractivity (Wildman–Crippen MR) is 133 cm³/mol. The Balaban J connectivity index is 1.33. The summed E-state index contributed by atoms with van der Waals surface area (Å²) in [5.74, 6) is -0.251. The summed E-state index contributed by atoms with van der Waals surface area (Å²) in [5.41, 5.74) is 1.09. The lowest BCUT2D eigenvalue weighted by molar-refractivity contribution is -0.165. The van der Waals surface area contributed by atoms with E-state index in [0.29, 0.717) is 29.3 Å². The number of hydrogen-bond acceptors (Lipinski definition) is 12. The van der Waals surface area contributed by atoms with Crippen LogP contribution in [0.1, 0.15) is 25.0 Å². The van der Waals surface area contributed by atoms with Crippen molar-refractivity contribution in [2.24, 2.45) is 0 Å². The topological polar surface area (TPSA) is 148 Å². The van der Waals surface area contributed by atoms with E-state index in [1.165, 1.54) is 13.4 Å². The van der Waals surface area contributed by atoms with Crippen LogP contribution in [-0.2, 0) is 35.0 Å². The Labute approximate surface area is 223 Å². The van der Waals surface area contributed by atoms with Crippen LogP contribution in [0.3, 0.4) is 0 Å². The van der Waals surface area contributed by atoms with E-state index in [0.717, 1.165) is 8.66 Å². The number of aromatic nitrogens is 4. The van der Waals surface area contributed by atoms with Crippen molar-refractivity contribution >= 4 is 56.3 Å². The van der Waals surface area contributed by atoms with Crippen LogP contribution in [0, 0.1) is 0 Å². The monoisotopic (exact) mass is 594 g/mol. The van der Waals surface area contributed by atoms with Crippen molar-refractivity contribution in [2.75, 3.05) is 25.6 Å². The van der Waals surface area contributed by atoms with Gasteiger partial charge in [0.05, 0.1) is 17.4 Å². The average Bonchev–Trinajstić information content (AvgIpc) is 3.63. The van der Waals surface area contributed by atoms with Crippen LogP contribution in [0.4, 0.5) is 10.6 Å². The number of nitrogens with one attached hydrogen (secondary N) is 2. The molecular formula is C22H23BrN6O7S. The first-order valence-electron chi connectivity index (χ1n) is 11.1. The van der Waals surface area contributed by atoms with Crippen molar-refractivity contribution in [3.8, 4) is 0 Å². The van der Waals surface area contributed by atoms with E-state index in [4.69, 9.17) is 18.9 Å². The highest BCUT2D eigenvalue weighted by Gasteiger charge is 2.51. The molecule has 37 heavy (non-hydrogen) atoms. The van der Waals surface area contributed by atoms with Gasteiger partial charge in [0, 0.05) is 18.7 Å². The molecule has 5 rings (SSSR count). The van der Waals surface area contributed by atoms with Crippen LogP contribution in [-0.4, -0.2) is 63.7 Å². The molecule has 0 aliphatic carbocycles. The lowest BCUT2D eigenvalue weighted by Gasteiger charge is -2.23. The van der Waals surface area contributed by atoms with Gasteiger partial charge in [-0.2, -0.15) is 0 Å². The average molecular weight is 595 g/mol. The molecule has 0 saturated carbocycles. The number of hydrogen-bond donors (Lipinski definition) is 2. The van der Waals surface area contributed by atoms with Gasteiger partial charge in [0.2, 0.25) is 12.0 Å². The number of anilines is 1. The number of halogens is 1. The SMILES string of the molecule is COC(=O)CNC(=O)OCC1=C2OC(C)(C)OC2[C@H](n2cnc3c(NCc4ccc(Br)s4)ncnc32)O1. The van der Waals surface area contributed by atoms with E-state index in [9.17, 15) is 9.59 Å². The minimum absolute atomic E-state index is 0.237. The molecule has 15 heteroatoms. The van der Waals surface area contributed by atoms with Gasteiger partial charge in [0.15, 0.2) is 41.2 Å². The van der Waals surface area contributed by atoms with E-state index in [2.05, 4.69) is 46.3 Å². The molecule has 1 unspecified atom stereocenters. The second kappa shape index (κ2) is 10.1. The summed E-state index contributed by atoms with van der Waals surface area (Å²) in [4.78, 5) is 37.6. The molecule has 0 bridgehead atoms. The minimum atomic E-state index is -0.923. The lowest BCUT2D eigenvalue weighted by Crippen LogP contribution is -2.31. The van der Waals surface area contributed by atoms with Crippen molar-refractivity contribution < 1.29 is 33.3 Å². The molecule has 2 aliphatic rings. The Hall–Kier alpha value is -3.43. The highest BCUT2D eigenvalue weighted by Crippen LogP contribution is 2.45. The summed E-state index contributed by atoms with van der Waals surface area (Å²) in [5, 5.41) is 5.60. The first kappa shape index (κ1) is 25.2. The summed E-state index contributed by atoms with van der Waals surface area (Å²) in [7, 11) is 1.22. The third-order valence-electron chi connectivity index (χ3n) is 5.45. The molecule has 1 fully saturated rings. The van der Waals surface area contributed by atoms with E-state index in [1.54, 1.807) is 36.1 Å². The maximum absolute atomic E-state index is 12.0. The first-order chi connectivity index (χ1) is 17.7. The van der Waals surface area contributed by atoms with Crippen molar-refractivity contribution in [1.82, 2.24) is 24.8 Å². The fourth-order valence-corrected chi connectivity index (χ4v) is 5.29. The first-order valence-corrected chi connectivity index (χ1v) is 12.7. The van der Waals surface area contributed by atoms with Gasteiger partial charge in [0.25, 0.3) is 0 Å². The molecule has 1 amide bonds. The Kier molecular flexibility index (Phi) is 6.92. The second-order valence-corrected chi connectivity index (χ2v) is 11.0. The Morgan fingerprint density at radius 1 is 1.27 bits per heavy atom. The van der Waals surface area contributed by atoms with Gasteiger partial charge in [-0.1, -0.05) is 0 Å². The number of carbonyl (C=O) groups is 2. The largest absolute Gasteiger partial charge is 0.468 e. The Morgan fingerprint density at radius 3 is 2.86 bits per heavy atom. The normalized spacial score (nSPS) is 19.8. The van der Waals surface area contributed by atoms with E-state index in [1.807, 2.05) is 12.1 Å². The Morgan fingerprint density at radius 2 is 2.11 bits per heavy atom. The fraction of sp³-hybridized carbons (Fsp3) is 0.409. The van der Waals surface area contributed by atoms with Crippen LogP contribution >= 0.6 is 27.3 Å². The number of alkyl carbamates (subject to hydrolysis) is 1. The summed E-state index contributed by atoms with van der Waals surface area (Å²) in [6.07, 6.45) is 0.890. The molecule has 2 aliphatic heterocycles. The molecule has 0 aromatic carbocycles.